The molecule has 1 amide bonds. The Bertz CT molecular complexity index is 1180. The fourth-order valence-electron chi connectivity index (χ4n) is 3.05. The van der Waals surface area contributed by atoms with Crippen molar-refractivity contribution in [3.05, 3.63) is 88.9 Å². The van der Waals surface area contributed by atoms with Gasteiger partial charge in [-0.05, 0) is 74.0 Å². The lowest BCUT2D eigenvalue weighted by Gasteiger charge is -2.23. The van der Waals surface area contributed by atoms with E-state index in [2.05, 4.69) is 5.32 Å². The molecule has 0 fully saturated rings. The normalized spacial score (nSPS) is 11.3. The number of carbonyl (C=O) groups excluding carboxylic acids is 1. The lowest BCUT2D eigenvalue weighted by Crippen LogP contribution is -2.29. The van der Waals surface area contributed by atoms with Gasteiger partial charge < -0.3 is 10.1 Å². The van der Waals surface area contributed by atoms with E-state index in [1.54, 1.807) is 72.8 Å². The molecule has 0 spiro atoms. The second-order valence-electron chi connectivity index (χ2n) is 7.55. The minimum Gasteiger partial charge on any atom is -0.491 e. The zero-order chi connectivity index (χ0) is 23.3. The summed E-state index contributed by atoms with van der Waals surface area (Å²) in [4.78, 5) is 12.6. The molecule has 0 atom stereocenters. The number of nitrogens with zero attached hydrogens (tertiary/aromatic N) is 1. The van der Waals surface area contributed by atoms with Crippen LogP contribution in [0.25, 0.3) is 0 Å². The number of nitrogens with one attached hydrogen (secondary N) is 1. The first-order valence-corrected chi connectivity index (χ1v) is 12.3. The van der Waals surface area contributed by atoms with Crippen LogP contribution in [0.3, 0.4) is 0 Å². The van der Waals surface area contributed by atoms with Gasteiger partial charge in [0.2, 0.25) is 10.0 Å². The molecule has 6 nitrogen and oxygen atoms in total. The zero-order valence-corrected chi connectivity index (χ0v) is 19.7. The Kier molecular flexibility index (Phi) is 7.43. The van der Waals surface area contributed by atoms with E-state index in [9.17, 15) is 13.2 Å². The zero-order valence-electron chi connectivity index (χ0n) is 18.1. The molecule has 168 valence electrons. The fourth-order valence-corrected chi connectivity index (χ4v) is 4.13. The summed E-state index contributed by atoms with van der Waals surface area (Å²) in [5, 5.41) is 3.31. The molecule has 0 saturated carbocycles. The van der Waals surface area contributed by atoms with Crippen molar-refractivity contribution in [1.82, 2.24) is 0 Å². The van der Waals surface area contributed by atoms with Crippen LogP contribution in [0, 0.1) is 0 Å². The summed E-state index contributed by atoms with van der Waals surface area (Å²) in [7, 11) is -3.57. The predicted octanol–water partition coefficient (Wildman–Crippen LogP) is 5.35. The number of rotatable bonds is 8. The topological polar surface area (TPSA) is 75.7 Å². The monoisotopic (exact) mass is 472 g/mol. The molecule has 0 aliphatic rings. The average molecular weight is 473 g/mol. The Balaban J connectivity index is 1.74. The van der Waals surface area contributed by atoms with Gasteiger partial charge in [-0.2, -0.15) is 0 Å². The van der Waals surface area contributed by atoms with Gasteiger partial charge in [0, 0.05) is 16.3 Å². The van der Waals surface area contributed by atoms with Crippen molar-refractivity contribution in [2.75, 3.05) is 15.9 Å². The van der Waals surface area contributed by atoms with Crippen molar-refractivity contribution in [2.45, 2.75) is 26.5 Å². The summed E-state index contributed by atoms with van der Waals surface area (Å²) in [6.07, 6.45) is 1.20. The summed E-state index contributed by atoms with van der Waals surface area (Å²) in [5.74, 6) is 0.424. The Morgan fingerprint density at radius 1 is 1.00 bits per heavy atom. The van der Waals surface area contributed by atoms with Gasteiger partial charge in [0.1, 0.15) is 5.75 Å². The van der Waals surface area contributed by atoms with E-state index in [1.165, 1.54) is 4.31 Å². The number of halogens is 1. The van der Waals surface area contributed by atoms with E-state index in [1.807, 2.05) is 13.8 Å². The summed E-state index contributed by atoms with van der Waals surface area (Å²) in [6, 6.07) is 20.6. The third-order valence-electron chi connectivity index (χ3n) is 4.57. The Morgan fingerprint density at radius 3 is 2.19 bits per heavy atom. The van der Waals surface area contributed by atoms with E-state index in [0.29, 0.717) is 27.5 Å². The molecule has 0 heterocycles. The van der Waals surface area contributed by atoms with Gasteiger partial charge in [-0.3, -0.25) is 9.10 Å². The number of ether oxygens (including phenoxy) is 1. The van der Waals surface area contributed by atoms with Crippen LogP contribution in [0.5, 0.6) is 5.75 Å². The van der Waals surface area contributed by atoms with Crippen molar-refractivity contribution >= 4 is 38.9 Å². The molecule has 3 rings (SSSR count). The molecule has 0 aliphatic heterocycles. The van der Waals surface area contributed by atoms with Crippen molar-refractivity contribution in [3.63, 3.8) is 0 Å². The SMILES string of the molecule is CC(C)Oc1ccc(NC(=O)c2ccc(N(Cc3ccccc3Cl)S(C)(=O)=O)cc2)cc1. The van der Waals surface area contributed by atoms with Gasteiger partial charge in [0.05, 0.1) is 24.6 Å². The first kappa shape index (κ1) is 23.6. The minimum absolute atomic E-state index is 0.0679. The van der Waals surface area contributed by atoms with Crippen molar-refractivity contribution in [1.29, 1.82) is 0 Å². The molecular formula is C24H25ClN2O4S. The average Bonchev–Trinajstić information content (AvgIpc) is 2.73. The van der Waals surface area contributed by atoms with Crippen molar-refractivity contribution in [3.8, 4) is 5.75 Å². The van der Waals surface area contributed by atoms with Gasteiger partial charge in [0.15, 0.2) is 0 Å². The molecule has 0 saturated heterocycles. The number of sulfonamides is 1. The molecular weight excluding hydrogens is 448 g/mol. The van der Waals surface area contributed by atoms with Crippen molar-refractivity contribution in [2.24, 2.45) is 0 Å². The van der Waals surface area contributed by atoms with Crippen LogP contribution in [0.4, 0.5) is 11.4 Å². The molecule has 8 heteroatoms. The molecule has 0 radical (unpaired) electrons. The summed E-state index contributed by atoms with van der Waals surface area (Å²) in [6.45, 7) is 3.98. The van der Waals surface area contributed by atoms with Gasteiger partial charge >= 0.3 is 0 Å². The fraction of sp³-hybridized carbons (Fsp3) is 0.208. The van der Waals surface area contributed by atoms with Gasteiger partial charge in [-0.1, -0.05) is 29.8 Å². The van der Waals surface area contributed by atoms with Crippen molar-refractivity contribution < 1.29 is 17.9 Å². The van der Waals surface area contributed by atoms with E-state index in [-0.39, 0.29) is 18.6 Å². The molecule has 32 heavy (non-hydrogen) atoms. The molecule has 0 unspecified atom stereocenters. The van der Waals surface area contributed by atoms with Gasteiger partial charge in [-0.25, -0.2) is 8.42 Å². The third kappa shape index (κ3) is 6.24. The molecule has 1 N–H and O–H groups in total. The first-order valence-electron chi connectivity index (χ1n) is 10.0. The van der Waals surface area contributed by atoms with Crippen LogP contribution in [-0.4, -0.2) is 26.7 Å². The largest absolute Gasteiger partial charge is 0.491 e. The lowest BCUT2D eigenvalue weighted by molar-refractivity contribution is 0.102. The summed E-state index contributed by atoms with van der Waals surface area (Å²) in [5.41, 5.74) is 2.17. The Morgan fingerprint density at radius 2 is 1.62 bits per heavy atom. The highest BCUT2D eigenvalue weighted by Gasteiger charge is 2.19. The standard InChI is InChI=1S/C24H25ClN2O4S/c1-17(2)31-22-14-10-20(11-15-22)26-24(28)18-8-12-21(13-9-18)27(32(3,29)30)16-19-6-4-5-7-23(19)25/h4-15,17H,16H2,1-3H3,(H,26,28). The van der Waals surface area contributed by atoms with Crippen LogP contribution in [0.2, 0.25) is 5.02 Å². The number of carbonyl (C=O) groups is 1. The van der Waals surface area contributed by atoms with Crippen LogP contribution >= 0.6 is 11.6 Å². The highest BCUT2D eigenvalue weighted by atomic mass is 35.5. The quantitative estimate of drug-likeness (QED) is 0.479. The number of hydrogen-bond acceptors (Lipinski definition) is 4. The van der Waals surface area contributed by atoms with Crippen LogP contribution in [0.15, 0.2) is 72.8 Å². The number of hydrogen-bond donors (Lipinski definition) is 1. The number of benzene rings is 3. The van der Waals surface area contributed by atoms with E-state index >= 15 is 0 Å². The van der Waals surface area contributed by atoms with E-state index in [4.69, 9.17) is 16.3 Å². The maximum atomic E-state index is 12.6. The number of anilines is 2. The second kappa shape index (κ2) is 10.1. The maximum Gasteiger partial charge on any atom is 0.255 e. The van der Waals surface area contributed by atoms with Gasteiger partial charge in [-0.15, -0.1) is 0 Å². The Hall–Kier alpha value is -3.03. The second-order valence-corrected chi connectivity index (χ2v) is 9.87. The lowest BCUT2D eigenvalue weighted by atomic mass is 10.1. The van der Waals surface area contributed by atoms with E-state index < -0.39 is 10.0 Å². The Labute approximate surface area is 193 Å². The van der Waals surface area contributed by atoms with Crippen LogP contribution in [0.1, 0.15) is 29.8 Å². The third-order valence-corrected chi connectivity index (χ3v) is 6.08. The minimum atomic E-state index is -3.57. The highest BCUT2D eigenvalue weighted by Crippen LogP contribution is 2.25. The molecule has 3 aromatic rings. The molecule has 0 aliphatic carbocycles. The molecule has 3 aromatic carbocycles. The molecule has 0 aromatic heterocycles. The number of amides is 1. The highest BCUT2D eigenvalue weighted by molar-refractivity contribution is 7.92. The smallest absolute Gasteiger partial charge is 0.255 e. The summed E-state index contributed by atoms with van der Waals surface area (Å²) >= 11 is 6.20. The summed E-state index contributed by atoms with van der Waals surface area (Å²) < 4.78 is 31.6. The molecule has 0 bridgehead atoms. The van der Waals surface area contributed by atoms with E-state index in [0.717, 1.165) is 12.0 Å². The van der Waals surface area contributed by atoms with Gasteiger partial charge in [0.25, 0.3) is 5.91 Å². The predicted molar refractivity (Wildman–Crippen MR) is 129 cm³/mol. The van der Waals surface area contributed by atoms with Crippen LogP contribution < -0.4 is 14.4 Å². The van der Waals surface area contributed by atoms with Crippen LogP contribution in [-0.2, 0) is 16.6 Å². The maximum absolute atomic E-state index is 12.6. The first-order chi connectivity index (χ1) is 15.1.